The minimum Gasteiger partial charge on any atom is -0.508 e. The largest absolute Gasteiger partial charge is 0.508 e. The number of likely N-dealkylation sites (N-methyl/N-ethyl adjacent to an activating group) is 1. The van der Waals surface area contributed by atoms with E-state index in [0.29, 0.717) is 19.4 Å². The zero-order valence-electron chi connectivity index (χ0n) is 22.9. The number of phenols is 1. The lowest BCUT2D eigenvalue weighted by Crippen LogP contribution is -2.53. The fraction of sp³-hybridized carbons (Fsp3) is 0.467. The van der Waals surface area contributed by atoms with Crippen LogP contribution in [-0.4, -0.2) is 101 Å². The summed E-state index contributed by atoms with van der Waals surface area (Å²) in [6.45, 7) is 7.31. The Hall–Kier alpha value is -3.56. The second-order valence-electron chi connectivity index (χ2n) is 11.4. The molecule has 3 aromatic rings. The number of piperazine rings is 1. The summed E-state index contributed by atoms with van der Waals surface area (Å²) in [6, 6.07) is 12.4. The SMILES string of the molecule is COc1ccc2[nH]c3c(c2c1)C[C@@]1(C)C(=O)N(CCCN2CCN(C)CC2)C(=O)N1C3Cc1cccc(O)c1. The third-order valence-corrected chi connectivity index (χ3v) is 8.78. The number of nitrogens with one attached hydrogen (secondary N) is 1. The first-order valence-electron chi connectivity index (χ1n) is 13.8. The van der Waals surface area contributed by atoms with Crippen molar-refractivity contribution in [3.63, 3.8) is 0 Å². The summed E-state index contributed by atoms with van der Waals surface area (Å²) >= 11 is 0. The summed E-state index contributed by atoms with van der Waals surface area (Å²) in [5.41, 5.74) is 2.86. The third-order valence-electron chi connectivity index (χ3n) is 8.78. The molecule has 0 spiro atoms. The Morgan fingerprint density at radius 3 is 2.62 bits per heavy atom. The van der Waals surface area contributed by atoms with Gasteiger partial charge in [-0.3, -0.25) is 9.69 Å². The number of carbonyl (C=O) groups excluding carboxylic acids is 2. The highest BCUT2D eigenvalue weighted by Gasteiger charge is 2.59. The van der Waals surface area contributed by atoms with E-state index >= 15 is 0 Å². The maximum Gasteiger partial charge on any atom is 0.328 e. The number of aromatic hydroxyl groups is 1. The number of phenolic OH excluding ortho intramolecular Hbond substituents is 1. The first-order chi connectivity index (χ1) is 18.8. The van der Waals surface area contributed by atoms with Crippen LogP contribution in [0.5, 0.6) is 11.5 Å². The molecule has 2 aromatic carbocycles. The highest BCUT2D eigenvalue weighted by Crippen LogP contribution is 2.47. The molecule has 6 rings (SSSR count). The molecule has 9 nitrogen and oxygen atoms in total. The van der Waals surface area contributed by atoms with E-state index in [1.165, 1.54) is 4.90 Å². The van der Waals surface area contributed by atoms with Crippen LogP contribution in [0.4, 0.5) is 4.79 Å². The highest BCUT2D eigenvalue weighted by molar-refractivity contribution is 6.08. The summed E-state index contributed by atoms with van der Waals surface area (Å²) in [5.74, 6) is 0.803. The number of aromatic amines is 1. The predicted octanol–water partition coefficient (Wildman–Crippen LogP) is 3.38. The van der Waals surface area contributed by atoms with Crippen LogP contribution in [0.3, 0.4) is 0 Å². The highest BCUT2D eigenvalue weighted by atomic mass is 16.5. The fourth-order valence-corrected chi connectivity index (χ4v) is 6.60. The van der Waals surface area contributed by atoms with Crippen LogP contribution in [0.1, 0.15) is 36.2 Å². The van der Waals surface area contributed by atoms with Crippen LogP contribution < -0.4 is 4.74 Å². The Labute approximate surface area is 228 Å². The molecule has 4 heterocycles. The summed E-state index contributed by atoms with van der Waals surface area (Å²) < 4.78 is 5.50. The van der Waals surface area contributed by atoms with Crippen molar-refractivity contribution in [1.29, 1.82) is 0 Å². The molecule has 2 saturated heterocycles. The number of fused-ring (bicyclic) bond motifs is 4. The van der Waals surface area contributed by atoms with E-state index in [2.05, 4.69) is 21.8 Å². The number of aromatic nitrogens is 1. The van der Waals surface area contributed by atoms with Gasteiger partial charge in [0.2, 0.25) is 0 Å². The number of urea groups is 1. The number of hydrogen-bond donors (Lipinski definition) is 2. The molecule has 39 heavy (non-hydrogen) atoms. The minimum absolute atomic E-state index is 0.130. The van der Waals surface area contributed by atoms with Gasteiger partial charge in [-0.05, 0) is 74.8 Å². The van der Waals surface area contributed by atoms with Crippen LogP contribution in [0.25, 0.3) is 10.9 Å². The van der Waals surface area contributed by atoms with E-state index in [4.69, 9.17) is 4.74 Å². The van der Waals surface area contributed by atoms with Gasteiger partial charge in [0.1, 0.15) is 17.0 Å². The number of rotatable bonds is 7. The number of H-pyrrole nitrogens is 1. The van der Waals surface area contributed by atoms with Gasteiger partial charge in [-0.2, -0.15) is 0 Å². The average Bonchev–Trinajstić information content (AvgIpc) is 3.37. The van der Waals surface area contributed by atoms with Gasteiger partial charge >= 0.3 is 6.03 Å². The van der Waals surface area contributed by atoms with Gasteiger partial charge in [0.15, 0.2) is 0 Å². The number of nitrogens with zero attached hydrogens (tertiary/aromatic N) is 4. The summed E-state index contributed by atoms with van der Waals surface area (Å²) in [4.78, 5) is 39.6. The molecule has 3 amide bonds. The molecule has 2 atom stereocenters. The van der Waals surface area contributed by atoms with Crippen molar-refractivity contribution in [2.75, 3.05) is 53.4 Å². The van der Waals surface area contributed by atoms with Gasteiger partial charge in [0.05, 0.1) is 13.2 Å². The molecule has 0 bridgehead atoms. The second-order valence-corrected chi connectivity index (χ2v) is 11.4. The molecular formula is C30H37N5O4. The number of carbonyl (C=O) groups is 2. The molecule has 2 N–H and O–H groups in total. The van der Waals surface area contributed by atoms with Crippen molar-refractivity contribution in [3.8, 4) is 11.5 Å². The van der Waals surface area contributed by atoms with Gasteiger partial charge in [0.25, 0.3) is 5.91 Å². The van der Waals surface area contributed by atoms with E-state index in [1.54, 1.807) is 24.1 Å². The first kappa shape index (κ1) is 25.7. The molecule has 0 radical (unpaired) electrons. The first-order valence-corrected chi connectivity index (χ1v) is 13.8. The molecule has 1 unspecified atom stereocenters. The van der Waals surface area contributed by atoms with Crippen molar-refractivity contribution in [3.05, 3.63) is 59.3 Å². The van der Waals surface area contributed by atoms with Crippen LogP contribution >= 0.6 is 0 Å². The fourth-order valence-electron chi connectivity index (χ4n) is 6.60. The van der Waals surface area contributed by atoms with Crippen LogP contribution in [0, 0.1) is 0 Å². The van der Waals surface area contributed by atoms with E-state index in [9.17, 15) is 14.7 Å². The lowest BCUT2D eigenvalue weighted by Gasteiger charge is -2.42. The molecule has 9 heteroatoms. The van der Waals surface area contributed by atoms with Gasteiger partial charge in [-0.15, -0.1) is 0 Å². The Balaban J connectivity index is 1.33. The van der Waals surface area contributed by atoms with E-state index in [1.807, 2.05) is 37.3 Å². The quantitative estimate of drug-likeness (QED) is 0.454. The van der Waals surface area contributed by atoms with E-state index in [0.717, 1.165) is 72.6 Å². The standard InChI is InChI=1S/C30H37N5O4/c1-30-19-24-23-18-22(39-3)8-9-25(23)31-27(24)26(17-20-6-4-7-21(36)16-20)35(30)29(38)34(28(30)37)11-5-10-33-14-12-32(2)13-15-33/h4,6-9,16,18,26,31,36H,5,10-15,17,19H2,1-3H3/t26?,30-/m0/s1. The Bertz CT molecular complexity index is 1410. The van der Waals surface area contributed by atoms with Crippen molar-refractivity contribution in [2.24, 2.45) is 0 Å². The molecule has 206 valence electrons. The van der Waals surface area contributed by atoms with E-state index in [-0.39, 0.29) is 23.7 Å². The van der Waals surface area contributed by atoms with Gasteiger partial charge < -0.3 is 29.5 Å². The number of hydrogen-bond acceptors (Lipinski definition) is 6. The summed E-state index contributed by atoms with van der Waals surface area (Å²) in [6.07, 6.45) is 1.68. The van der Waals surface area contributed by atoms with E-state index < -0.39 is 5.54 Å². The molecule has 3 aliphatic rings. The Morgan fingerprint density at radius 2 is 1.87 bits per heavy atom. The predicted molar refractivity (Wildman–Crippen MR) is 149 cm³/mol. The van der Waals surface area contributed by atoms with Crippen LogP contribution in [0.15, 0.2) is 42.5 Å². The van der Waals surface area contributed by atoms with Gasteiger partial charge in [-0.1, -0.05) is 12.1 Å². The maximum atomic E-state index is 14.0. The normalized spacial score (nSPS) is 23.9. The number of methoxy groups -OCH3 is 1. The zero-order valence-corrected chi connectivity index (χ0v) is 22.9. The molecular weight excluding hydrogens is 494 g/mol. The Kier molecular flexibility index (Phi) is 6.51. The second kappa shape index (κ2) is 9.88. The number of benzene rings is 2. The lowest BCUT2D eigenvalue weighted by molar-refractivity contribution is -0.133. The van der Waals surface area contributed by atoms with Crippen molar-refractivity contribution < 1.29 is 19.4 Å². The molecule has 2 fully saturated rings. The summed E-state index contributed by atoms with van der Waals surface area (Å²) in [7, 11) is 3.78. The monoisotopic (exact) mass is 531 g/mol. The molecule has 0 aliphatic carbocycles. The van der Waals surface area contributed by atoms with Gasteiger partial charge in [0, 0.05) is 55.7 Å². The number of imide groups is 1. The minimum atomic E-state index is -0.988. The van der Waals surface area contributed by atoms with Gasteiger partial charge in [-0.25, -0.2) is 4.79 Å². The lowest BCUT2D eigenvalue weighted by atomic mass is 9.81. The molecule has 3 aliphatic heterocycles. The smallest absolute Gasteiger partial charge is 0.328 e. The summed E-state index contributed by atoms with van der Waals surface area (Å²) in [5, 5.41) is 11.1. The zero-order chi connectivity index (χ0) is 27.3. The Morgan fingerprint density at radius 1 is 1.08 bits per heavy atom. The van der Waals surface area contributed by atoms with Crippen LogP contribution in [-0.2, 0) is 17.6 Å². The van der Waals surface area contributed by atoms with Crippen LogP contribution in [0.2, 0.25) is 0 Å². The maximum absolute atomic E-state index is 14.0. The number of amides is 3. The average molecular weight is 532 g/mol. The molecule has 1 aromatic heterocycles. The van der Waals surface area contributed by atoms with Crippen molar-refractivity contribution in [1.82, 2.24) is 24.6 Å². The van der Waals surface area contributed by atoms with Crippen molar-refractivity contribution in [2.45, 2.75) is 37.8 Å². The topological polar surface area (TPSA) is 92.4 Å². The van der Waals surface area contributed by atoms with Crippen molar-refractivity contribution >= 4 is 22.8 Å². The number of ether oxygens (including phenoxy) is 1. The third kappa shape index (κ3) is 4.43. The molecule has 0 saturated carbocycles.